The number of aromatic hydroxyl groups is 2. The molecule has 3 heterocycles. The van der Waals surface area contributed by atoms with Crippen molar-refractivity contribution in [2.45, 2.75) is 82.4 Å². The smallest absolute Gasteiger partial charge is 0.302 e. The van der Waals surface area contributed by atoms with E-state index in [2.05, 4.69) is 42.3 Å². The molecule has 3 aliphatic heterocycles. The number of hydrogen-bond donors (Lipinski definition) is 4. The molecule has 2 aliphatic carbocycles. The van der Waals surface area contributed by atoms with Crippen LogP contribution in [0.4, 0.5) is 0 Å². The van der Waals surface area contributed by atoms with Gasteiger partial charge in [0.25, 0.3) is 0 Å². The molecule has 5 N–H and O–H groups in total. The van der Waals surface area contributed by atoms with Crippen LogP contribution in [-0.4, -0.2) is 43.2 Å². The number of allylic oxidation sites excluding steroid dienone is 3. The van der Waals surface area contributed by atoms with Crippen molar-refractivity contribution in [3.8, 4) is 51.7 Å². The molecule has 8 rings (SSSR count). The highest BCUT2D eigenvalue weighted by molar-refractivity contribution is 5.84. The van der Waals surface area contributed by atoms with Crippen molar-refractivity contribution in [2.24, 2.45) is 11.7 Å². The van der Waals surface area contributed by atoms with Gasteiger partial charge in [-0.25, -0.2) is 0 Å². The van der Waals surface area contributed by atoms with Crippen LogP contribution < -0.4 is 25.3 Å². The van der Waals surface area contributed by atoms with Gasteiger partial charge in [-0.2, -0.15) is 0 Å². The average Bonchev–Trinajstić information content (AvgIpc) is 3.68. The van der Waals surface area contributed by atoms with Crippen molar-refractivity contribution >= 4 is 5.97 Å². The van der Waals surface area contributed by atoms with E-state index in [9.17, 15) is 15.0 Å². The predicted molar refractivity (Wildman–Crippen MR) is 193 cm³/mol. The summed E-state index contributed by atoms with van der Waals surface area (Å²) in [6.07, 6.45) is 7.00. The molecule has 3 aromatic rings. The highest BCUT2D eigenvalue weighted by Crippen LogP contribution is 2.62. The number of hydrogen-bond acceptors (Lipinski definition) is 9. The fraction of sp³-hybridized carbons (Fsp3) is 0.405. The molecule has 1 fully saturated rings. The van der Waals surface area contributed by atoms with Gasteiger partial charge in [-0.1, -0.05) is 31.1 Å². The zero-order valence-electron chi connectivity index (χ0n) is 29.5. The molecule has 1 spiro atoms. The van der Waals surface area contributed by atoms with E-state index in [1.54, 1.807) is 19.2 Å². The fourth-order valence-corrected chi connectivity index (χ4v) is 9.38. The number of nitrogens with one attached hydrogen (secondary N) is 1. The molecule has 9 nitrogen and oxygen atoms in total. The highest BCUT2D eigenvalue weighted by Gasteiger charge is 2.51. The first-order chi connectivity index (χ1) is 24.6. The van der Waals surface area contributed by atoms with Gasteiger partial charge in [0, 0.05) is 47.1 Å². The van der Waals surface area contributed by atoms with Gasteiger partial charge in [-0.15, -0.1) is 0 Å². The van der Waals surface area contributed by atoms with Crippen molar-refractivity contribution in [3.05, 3.63) is 87.1 Å². The van der Waals surface area contributed by atoms with Gasteiger partial charge < -0.3 is 40.2 Å². The van der Waals surface area contributed by atoms with Crippen LogP contribution in [0.3, 0.4) is 0 Å². The van der Waals surface area contributed by atoms with Crippen LogP contribution in [0.2, 0.25) is 0 Å². The zero-order chi connectivity index (χ0) is 35.6. The number of ether oxygens (including phenoxy) is 4. The predicted octanol–water partition coefficient (Wildman–Crippen LogP) is 6.58. The van der Waals surface area contributed by atoms with E-state index in [1.165, 1.54) is 19.6 Å². The lowest BCUT2D eigenvalue weighted by Crippen LogP contribution is -2.41. The van der Waals surface area contributed by atoms with E-state index in [-0.39, 0.29) is 41.6 Å². The molecule has 0 radical (unpaired) electrons. The molecule has 5 unspecified atom stereocenters. The summed E-state index contributed by atoms with van der Waals surface area (Å²) < 4.78 is 24.4. The van der Waals surface area contributed by atoms with Gasteiger partial charge in [0.2, 0.25) is 0 Å². The number of benzene rings is 3. The van der Waals surface area contributed by atoms with E-state index < -0.39 is 6.10 Å². The largest absolute Gasteiger partial charge is 0.508 e. The van der Waals surface area contributed by atoms with Crippen LogP contribution >= 0.6 is 0 Å². The molecule has 0 saturated heterocycles. The Balaban J connectivity index is 1.39. The van der Waals surface area contributed by atoms with Gasteiger partial charge in [-0.3, -0.25) is 4.79 Å². The van der Waals surface area contributed by atoms with Crippen molar-refractivity contribution < 1.29 is 34.0 Å². The Hall–Kier alpha value is -5.07. The third-order valence-corrected chi connectivity index (χ3v) is 11.6. The summed E-state index contributed by atoms with van der Waals surface area (Å²) in [4.78, 5) is 12.2. The van der Waals surface area contributed by atoms with Gasteiger partial charge in [0.05, 0.1) is 32.0 Å². The van der Waals surface area contributed by atoms with Crippen LogP contribution in [0.15, 0.2) is 59.3 Å². The Bertz CT molecular complexity index is 2090. The Labute approximate surface area is 298 Å². The Morgan fingerprint density at radius 1 is 1.10 bits per heavy atom. The van der Waals surface area contributed by atoms with E-state index in [0.717, 1.165) is 94.5 Å². The van der Waals surface area contributed by atoms with Crippen molar-refractivity contribution in [3.63, 3.8) is 0 Å². The quantitative estimate of drug-likeness (QED) is 0.173. The highest BCUT2D eigenvalue weighted by atomic mass is 16.5. The van der Waals surface area contributed by atoms with Crippen molar-refractivity contribution in [1.82, 2.24) is 5.32 Å². The van der Waals surface area contributed by atoms with Gasteiger partial charge in [-0.05, 0) is 96.4 Å². The normalized spacial score (nSPS) is 25.3. The lowest BCUT2D eigenvalue weighted by atomic mass is 9.65. The molecule has 264 valence electrons. The first-order valence-corrected chi connectivity index (χ1v) is 17.8. The number of methoxy groups -OCH3 is 2. The summed E-state index contributed by atoms with van der Waals surface area (Å²) in [6.45, 7) is 3.66. The van der Waals surface area contributed by atoms with E-state index >= 15 is 0 Å². The third-order valence-electron chi connectivity index (χ3n) is 11.6. The van der Waals surface area contributed by atoms with E-state index in [4.69, 9.17) is 24.7 Å². The minimum atomic E-state index is -0.550. The van der Waals surface area contributed by atoms with Crippen LogP contribution in [-0.2, 0) is 27.8 Å². The number of nitrogens with two attached hydrogens (primary N) is 1. The lowest BCUT2D eigenvalue weighted by Gasteiger charge is -2.39. The maximum Gasteiger partial charge on any atom is 0.302 e. The van der Waals surface area contributed by atoms with Crippen LogP contribution in [0.1, 0.15) is 85.8 Å². The maximum absolute atomic E-state index is 12.2. The first-order valence-electron chi connectivity index (χ1n) is 17.8. The lowest BCUT2D eigenvalue weighted by molar-refractivity contribution is -0.141. The molecule has 1 saturated carbocycles. The van der Waals surface area contributed by atoms with Crippen LogP contribution in [0.5, 0.6) is 28.7 Å². The Morgan fingerprint density at radius 2 is 1.92 bits per heavy atom. The molecule has 3 aromatic carbocycles. The molecule has 9 heteroatoms. The topological polar surface area (TPSA) is 133 Å². The van der Waals surface area contributed by atoms with E-state index in [0.29, 0.717) is 23.8 Å². The molecule has 0 amide bonds. The second-order valence-corrected chi connectivity index (χ2v) is 14.6. The first kappa shape index (κ1) is 33.1. The second-order valence-electron chi connectivity index (χ2n) is 14.6. The summed E-state index contributed by atoms with van der Waals surface area (Å²) >= 11 is 0. The van der Waals surface area contributed by atoms with Gasteiger partial charge in [0.15, 0.2) is 11.5 Å². The number of carbonyl (C=O) groups is 1. The van der Waals surface area contributed by atoms with Crippen LogP contribution in [0.25, 0.3) is 11.1 Å². The third kappa shape index (κ3) is 5.48. The summed E-state index contributed by atoms with van der Waals surface area (Å²) in [7, 11) is 3.16. The number of phenolic OH excluding ortho intramolecular Hbond substituents is 2. The molecule has 5 atom stereocenters. The minimum absolute atomic E-state index is 0.0110. The summed E-state index contributed by atoms with van der Waals surface area (Å²) in [5.41, 5.74) is 16.2. The van der Waals surface area contributed by atoms with Gasteiger partial charge >= 0.3 is 5.97 Å². The van der Waals surface area contributed by atoms with Gasteiger partial charge in [0.1, 0.15) is 30.0 Å². The number of phenols is 2. The Morgan fingerprint density at radius 3 is 2.69 bits per heavy atom. The average molecular weight is 689 g/mol. The standard InChI is InChI=1S/C42H44N2O7/c1-5-24-14-26-13-23-11-12-42(19-23)20-27-15-28(46)17-36(49-4)37(27)30-10-9-29-32(21-50-22(2)45)39(51-40(29)38(30)42)31-18-35(48-3)34(47)16-25(31)7-6-8-33(26)44-41(24)43/h9-10,14-18,23,32,39,41,44,46-47H,5,7,11-13,19-21,43H2,1-4H3. The number of fused-ring (bicyclic) bond motifs is 6. The van der Waals surface area contributed by atoms with E-state index in [1.807, 2.05) is 12.1 Å². The molecule has 4 bridgehead atoms. The minimum Gasteiger partial charge on any atom is -0.508 e. The molecule has 51 heavy (non-hydrogen) atoms. The number of dihydropyridines is 1. The molecular weight excluding hydrogens is 644 g/mol. The number of carbonyl (C=O) groups excluding carboxylic acids is 1. The van der Waals surface area contributed by atoms with Crippen LogP contribution in [0, 0.1) is 17.8 Å². The summed E-state index contributed by atoms with van der Waals surface area (Å²) in [5.74, 6) is 8.42. The molecular formula is C42H44N2O7. The second kappa shape index (κ2) is 12.6. The van der Waals surface area contributed by atoms with Crippen molar-refractivity contribution in [2.75, 3.05) is 20.8 Å². The molecule has 0 aromatic heterocycles. The zero-order valence-corrected chi connectivity index (χ0v) is 29.5. The monoisotopic (exact) mass is 688 g/mol. The fourth-order valence-electron chi connectivity index (χ4n) is 9.38. The number of rotatable bonds is 5. The molecule has 5 aliphatic rings. The maximum atomic E-state index is 12.2. The Kier molecular flexibility index (Phi) is 8.18. The van der Waals surface area contributed by atoms with Crippen molar-refractivity contribution in [1.29, 1.82) is 0 Å². The summed E-state index contributed by atoms with van der Waals surface area (Å²) in [6, 6.07) is 11.3. The summed E-state index contributed by atoms with van der Waals surface area (Å²) in [5, 5.41) is 25.3. The SMILES string of the molecule is CCC1=CC2=C(C#CCc3cc(O)c(OC)cc3C3Oc4c(ccc5c4C4(CCC(C2)C4)Cc2cc(O)cc(OC)c2-5)C3COC(C)=O)NC1N. The number of esters is 1.